The summed E-state index contributed by atoms with van der Waals surface area (Å²) in [5.41, 5.74) is 1.81. The Labute approximate surface area is 168 Å². The maximum Gasteiger partial charge on any atom is 0.240 e. The summed E-state index contributed by atoms with van der Waals surface area (Å²) in [4.78, 5) is 14.5. The lowest BCUT2D eigenvalue weighted by Gasteiger charge is -2.21. The Morgan fingerprint density at radius 2 is 1.81 bits per heavy atom. The van der Waals surface area contributed by atoms with E-state index in [0.717, 1.165) is 22.2 Å². The van der Waals surface area contributed by atoms with E-state index in [1.165, 1.54) is 11.8 Å². The van der Waals surface area contributed by atoms with E-state index < -0.39 is 0 Å². The van der Waals surface area contributed by atoms with Crippen molar-refractivity contribution in [2.45, 2.75) is 30.8 Å². The third kappa shape index (κ3) is 4.34. The lowest BCUT2D eigenvalue weighted by molar-refractivity contribution is -0.117. The molecular formula is C20H21ClN4OS. The predicted octanol–water partition coefficient (Wildman–Crippen LogP) is 4.76. The van der Waals surface area contributed by atoms with Gasteiger partial charge in [0.1, 0.15) is 0 Å². The van der Waals surface area contributed by atoms with Crippen molar-refractivity contribution in [3.05, 3.63) is 59.6 Å². The van der Waals surface area contributed by atoms with Crippen molar-refractivity contribution in [3.8, 4) is 11.4 Å². The average molecular weight is 401 g/mol. The highest BCUT2D eigenvalue weighted by molar-refractivity contribution is 8.00. The van der Waals surface area contributed by atoms with Crippen LogP contribution in [0, 0.1) is 0 Å². The van der Waals surface area contributed by atoms with Gasteiger partial charge in [0, 0.05) is 29.9 Å². The first-order valence-corrected chi connectivity index (χ1v) is 9.95. The topological polar surface area (TPSA) is 51.0 Å². The number of hydrogen-bond donors (Lipinski definition) is 0. The van der Waals surface area contributed by atoms with E-state index >= 15 is 0 Å². The molecule has 0 saturated carbocycles. The first kappa shape index (κ1) is 19.5. The molecule has 0 aliphatic rings. The van der Waals surface area contributed by atoms with Crippen molar-refractivity contribution in [2.75, 3.05) is 11.9 Å². The molecule has 3 aromatic rings. The second-order valence-electron chi connectivity index (χ2n) is 6.05. The van der Waals surface area contributed by atoms with Gasteiger partial charge in [-0.15, -0.1) is 10.2 Å². The molecule has 0 saturated heterocycles. The van der Waals surface area contributed by atoms with Crippen LogP contribution in [0.3, 0.4) is 0 Å². The largest absolute Gasteiger partial charge is 0.315 e. The van der Waals surface area contributed by atoms with E-state index in [9.17, 15) is 4.79 Å². The number of halogens is 1. The van der Waals surface area contributed by atoms with Gasteiger partial charge in [0.05, 0.1) is 5.25 Å². The van der Waals surface area contributed by atoms with E-state index in [2.05, 4.69) is 10.2 Å². The molecule has 5 nitrogen and oxygen atoms in total. The highest BCUT2D eigenvalue weighted by atomic mass is 35.5. The number of hydrogen-bond acceptors (Lipinski definition) is 4. The van der Waals surface area contributed by atoms with Crippen LogP contribution >= 0.6 is 23.4 Å². The minimum atomic E-state index is -0.289. The minimum Gasteiger partial charge on any atom is -0.315 e. The zero-order valence-electron chi connectivity index (χ0n) is 15.5. The van der Waals surface area contributed by atoms with Crippen LogP contribution in [0.5, 0.6) is 0 Å². The summed E-state index contributed by atoms with van der Waals surface area (Å²) < 4.78 is 2.01. The van der Waals surface area contributed by atoms with Gasteiger partial charge in [-0.3, -0.25) is 4.79 Å². The third-order valence-corrected chi connectivity index (χ3v) is 5.56. The number of thioether (sulfide) groups is 1. The number of amides is 1. The van der Waals surface area contributed by atoms with Crippen molar-refractivity contribution in [2.24, 2.45) is 0 Å². The van der Waals surface area contributed by atoms with E-state index in [1.807, 2.05) is 73.0 Å². The van der Waals surface area contributed by atoms with Gasteiger partial charge in [0.25, 0.3) is 0 Å². The summed E-state index contributed by atoms with van der Waals surface area (Å²) in [5, 5.41) is 9.76. The molecule has 1 aromatic heterocycles. The SMILES string of the molecule is CCn1c(S[C@H](C)C(=O)N(C)c2ccccc2)nnc1-c1ccc(Cl)cc1. The van der Waals surface area contributed by atoms with Gasteiger partial charge in [-0.05, 0) is 50.2 Å². The van der Waals surface area contributed by atoms with E-state index in [1.54, 1.807) is 11.9 Å². The van der Waals surface area contributed by atoms with E-state index in [4.69, 9.17) is 11.6 Å². The first-order valence-electron chi connectivity index (χ1n) is 8.69. The molecule has 0 aliphatic carbocycles. The van der Waals surface area contributed by atoms with Gasteiger partial charge in [-0.1, -0.05) is 41.6 Å². The molecule has 0 fully saturated rings. The van der Waals surface area contributed by atoms with E-state index in [-0.39, 0.29) is 11.2 Å². The second kappa shape index (κ2) is 8.59. The molecule has 7 heteroatoms. The second-order valence-corrected chi connectivity index (χ2v) is 7.79. The first-order chi connectivity index (χ1) is 13.0. The number of nitrogens with zero attached hydrogens (tertiary/aromatic N) is 4. The zero-order chi connectivity index (χ0) is 19.4. The quantitative estimate of drug-likeness (QED) is 0.559. The summed E-state index contributed by atoms with van der Waals surface area (Å²) in [6.45, 7) is 4.64. The number of carbonyl (C=O) groups is 1. The number of para-hydroxylation sites is 1. The van der Waals surface area contributed by atoms with Crippen molar-refractivity contribution < 1.29 is 4.79 Å². The monoisotopic (exact) mass is 400 g/mol. The molecule has 1 atom stereocenters. The van der Waals surface area contributed by atoms with Crippen LogP contribution in [0.2, 0.25) is 5.02 Å². The van der Waals surface area contributed by atoms with Gasteiger partial charge in [-0.25, -0.2) is 0 Å². The molecule has 1 amide bonds. The lowest BCUT2D eigenvalue weighted by atomic mass is 10.2. The van der Waals surface area contributed by atoms with Crippen LogP contribution in [0.4, 0.5) is 5.69 Å². The molecule has 0 bridgehead atoms. The van der Waals surface area contributed by atoms with Crippen LogP contribution < -0.4 is 4.90 Å². The maximum atomic E-state index is 12.8. The molecule has 0 aliphatic heterocycles. The number of benzene rings is 2. The number of rotatable bonds is 6. The summed E-state index contributed by atoms with van der Waals surface area (Å²) in [7, 11) is 1.79. The van der Waals surface area contributed by atoms with Crippen LogP contribution in [-0.4, -0.2) is 33.0 Å². The molecule has 140 valence electrons. The van der Waals surface area contributed by atoms with Crippen LogP contribution in [0.15, 0.2) is 59.8 Å². The fourth-order valence-corrected chi connectivity index (χ4v) is 3.87. The smallest absolute Gasteiger partial charge is 0.240 e. The Balaban J connectivity index is 1.79. The highest BCUT2D eigenvalue weighted by Crippen LogP contribution is 2.28. The normalized spacial score (nSPS) is 12.0. The molecule has 0 unspecified atom stereocenters. The Hall–Kier alpha value is -2.31. The summed E-state index contributed by atoms with van der Waals surface area (Å²) in [5.74, 6) is 0.789. The zero-order valence-corrected chi connectivity index (χ0v) is 17.0. The number of anilines is 1. The number of aromatic nitrogens is 3. The van der Waals surface area contributed by atoms with E-state index in [0.29, 0.717) is 11.6 Å². The van der Waals surface area contributed by atoms with Gasteiger partial charge < -0.3 is 9.47 Å². The summed E-state index contributed by atoms with van der Waals surface area (Å²) >= 11 is 7.39. The highest BCUT2D eigenvalue weighted by Gasteiger charge is 2.23. The van der Waals surface area contributed by atoms with Gasteiger partial charge in [0.15, 0.2) is 11.0 Å². The van der Waals surface area contributed by atoms with Gasteiger partial charge >= 0.3 is 0 Å². The fourth-order valence-electron chi connectivity index (χ4n) is 2.73. The Bertz CT molecular complexity index is 911. The summed E-state index contributed by atoms with van der Waals surface area (Å²) in [6, 6.07) is 17.1. The van der Waals surface area contributed by atoms with Crippen LogP contribution in [0.25, 0.3) is 11.4 Å². The molecule has 1 heterocycles. The molecular weight excluding hydrogens is 380 g/mol. The standard InChI is InChI=1S/C20H21ClN4OS/c1-4-25-18(15-10-12-16(21)13-11-15)22-23-20(25)27-14(2)19(26)24(3)17-8-6-5-7-9-17/h5-14H,4H2,1-3H3/t14-/m1/s1. The van der Waals surface area contributed by atoms with Gasteiger partial charge in [-0.2, -0.15) is 0 Å². The molecule has 0 spiro atoms. The molecule has 2 aromatic carbocycles. The van der Waals surface area contributed by atoms with Crippen LogP contribution in [0.1, 0.15) is 13.8 Å². The lowest BCUT2D eigenvalue weighted by Crippen LogP contribution is -2.33. The predicted molar refractivity (Wildman–Crippen MR) is 111 cm³/mol. The van der Waals surface area contributed by atoms with Gasteiger partial charge in [0.2, 0.25) is 5.91 Å². The third-order valence-electron chi connectivity index (χ3n) is 4.24. The molecule has 0 N–H and O–H groups in total. The number of carbonyl (C=O) groups excluding carboxylic acids is 1. The van der Waals surface area contributed by atoms with Crippen molar-refractivity contribution in [1.29, 1.82) is 0 Å². The minimum absolute atomic E-state index is 0.0184. The van der Waals surface area contributed by atoms with Crippen LogP contribution in [-0.2, 0) is 11.3 Å². The van der Waals surface area contributed by atoms with Crippen molar-refractivity contribution >= 4 is 35.0 Å². The molecule has 27 heavy (non-hydrogen) atoms. The Morgan fingerprint density at radius 1 is 1.15 bits per heavy atom. The average Bonchev–Trinajstić information content (AvgIpc) is 3.10. The fraction of sp³-hybridized carbons (Fsp3) is 0.250. The molecule has 3 rings (SSSR count). The Morgan fingerprint density at radius 3 is 2.44 bits per heavy atom. The van der Waals surface area contributed by atoms with Crippen molar-refractivity contribution in [1.82, 2.24) is 14.8 Å². The van der Waals surface area contributed by atoms with Crippen molar-refractivity contribution in [3.63, 3.8) is 0 Å². The maximum absolute atomic E-state index is 12.8. The molecule has 0 radical (unpaired) electrons. The summed E-state index contributed by atoms with van der Waals surface area (Å²) in [6.07, 6.45) is 0. The Kier molecular flexibility index (Phi) is 6.19.